The Labute approximate surface area is 223 Å². The average molecular weight is 559 g/mol. The number of methoxy groups -OCH3 is 1. The molecule has 2 amide bonds. The summed E-state index contributed by atoms with van der Waals surface area (Å²) in [5, 5.41) is 3.59. The minimum absolute atomic E-state index is 0.0334. The average Bonchev–Trinajstić information content (AvgIpc) is 2.83. The third-order valence-corrected chi connectivity index (χ3v) is 7.62. The number of benzene rings is 2. The van der Waals surface area contributed by atoms with Crippen LogP contribution in [0.5, 0.6) is 5.75 Å². The molecule has 2 atom stereocenters. The molecule has 0 heterocycles. The molecule has 198 valence electrons. The lowest BCUT2D eigenvalue weighted by Gasteiger charge is -2.33. The van der Waals surface area contributed by atoms with Crippen LogP contribution in [0.3, 0.4) is 0 Å². The third-order valence-electron chi connectivity index (χ3n) is 5.76. The van der Waals surface area contributed by atoms with Gasteiger partial charge < -0.3 is 15.0 Å². The molecule has 1 N–H and O–H groups in total. The normalized spacial score (nSPS) is 13.0. The maximum Gasteiger partial charge on any atom is 0.244 e. The molecule has 11 heteroatoms. The van der Waals surface area contributed by atoms with E-state index in [9.17, 15) is 18.0 Å². The van der Waals surface area contributed by atoms with Gasteiger partial charge in [0, 0.05) is 12.6 Å². The first-order valence-electron chi connectivity index (χ1n) is 11.6. The summed E-state index contributed by atoms with van der Waals surface area (Å²) in [6.45, 7) is 5.13. The predicted octanol–water partition coefficient (Wildman–Crippen LogP) is 4.49. The van der Waals surface area contributed by atoms with Crippen molar-refractivity contribution < 1.29 is 22.7 Å². The van der Waals surface area contributed by atoms with Gasteiger partial charge in [-0.3, -0.25) is 13.9 Å². The molecule has 8 nitrogen and oxygen atoms in total. The monoisotopic (exact) mass is 557 g/mol. The molecule has 36 heavy (non-hydrogen) atoms. The number of hydrogen-bond acceptors (Lipinski definition) is 5. The van der Waals surface area contributed by atoms with Gasteiger partial charge in [0.2, 0.25) is 21.8 Å². The maximum atomic E-state index is 13.7. The number of nitrogens with zero attached hydrogens (tertiary/aromatic N) is 2. The van der Waals surface area contributed by atoms with Crippen LogP contribution in [0, 0.1) is 0 Å². The van der Waals surface area contributed by atoms with E-state index in [4.69, 9.17) is 27.9 Å². The molecule has 2 aromatic rings. The van der Waals surface area contributed by atoms with Crippen molar-refractivity contribution in [3.63, 3.8) is 0 Å². The molecule has 0 aliphatic rings. The van der Waals surface area contributed by atoms with E-state index in [0.717, 1.165) is 17.0 Å². The Kier molecular flexibility index (Phi) is 10.9. The molecule has 0 unspecified atom stereocenters. The summed E-state index contributed by atoms with van der Waals surface area (Å²) in [6.07, 6.45) is 2.06. The van der Waals surface area contributed by atoms with Crippen LogP contribution in [0.15, 0.2) is 42.5 Å². The number of sulfonamides is 1. The van der Waals surface area contributed by atoms with Crippen molar-refractivity contribution in [1.82, 2.24) is 10.2 Å². The number of carbonyl (C=O) groups excluding carboxylic acids is 2. The topological polar surface area (TPSA) is 96.0 Å². The standard InChI is InChI=1S/C25H33Cl2N3O5S/c1-6-17(3)28-25(32)21(7-2)29(15-18-12-13-19(26)20(27)14-18)24(31)16-30(36(5,33)34)22-10-8-9-11-23(22)35-4/h8-14,17,21H,6-7,15-16H2,1-5H3,(H,28,32)/t17-,21-/m0/s1. The summed E-state index contributed by atoms with van der Waals surface area (Å²) >= 11 is 12.2. The van der Waals surface area contributed by atoms with E-state index in [1.54, 1.807) is 49.4 Å². The van der Waals surface area contributed by atoms with Gasteiger partial charge >= 0.3 is 0 Å². The van der Waals surface area contributed by atoms with E-state index < -0.39 is 28.5 Å². The highest BCUT2D eigenvalue weighted by molar-refractivity contribution is 7.92. The van der Waals surface area contributed by atoms with E-state index in [2.05, 4.69) is 5.32 Å². The second-order valence-electron chi connectivity index (χ2n) is 8.45. The van der Waals surface area contributed by atoms with Crippen molar-refractivity contribution in [2.45, 2.75) is 52.2 Å². The Hall–Kier alpha value is -2.49. The van der Waals surface area contributed by atoms with Crippen LogP contribution in [-0.4, -0.2) is 57.1 Å². The Bertz CT molecular complexity index is 1180. The summed E-state index contributed by atoms with van der Waals surface area (Å²) < 4.78 is 31.8. The van der Waals surface area contributed by atoms with E-state index in [-0.39, 0.29) is 24.2 Å². The predicted molar refractivity (Wildman–Crippen MR) is 144 cm³/mol. The molecular formula is C25H33Cl2N3O5S. The zero-order valence-corrected chi connectivity index (χ0v) is 23.5. The summed E-state index contributed by atoms with van der Waals surface area (Å²) in [5.41, 5.74) is 0.873. The van der Waals surface area contributed by atoms with Gasteiger partial charge in [0.25, 0.3) is 0 Å². The van der Waals surface area contributed by atoms with E-state index in [1.807, 2.05) is 13.8 Å². The van der Waals surface area contributed by atoms with Gasteiger partial charge in [0.1, 0.15) is 18.3 Å². The Balaban J connectivity index is 2.50. The highest BCUT2D eigenvalue weighted by Gasteiger charge is 2.33. The smallest absolute Gasteiger partial charge is 0.244 e. The number of ether oxygens (including phenoxy) is 1. The number of halogens is 2. The minimum atomic E-state index is -3.87. The first kappa shape index (κ1) is 29.7. The molecule has 0 bridgehead atoms. The van der Waals surface area contributed by atoms with Crippen LogP contribution in [0.4, 0.5) is 5.69 Å². The fourth-order valence-electron chi connectivity index (χ4n) is 3.63. The Morgan fingerprint density at radius 3 is 2.28 bits per heavy atom. The van der Waals surface area contributed by atoms with Crippen LogP contribution >= 0.6 is 23.2 Å². The highest BCUT2D eigenvalue weighted by Crippen LogP contribution is 2.30. The van der Waals surface area contributed by atoms with Crippen LogP contribution in [-0.2, 0) is 26.2 Å². The number of carbonyl (C=O) groups is 2. The van der Waals surface area contributed by atoms with Crippen molar-refractivity contribution in [1.29, 1.82) is 0 Å². The SMILES string of the molecule is CC[C@H](C)NC(=O)[C@H](CC)N(Cc1ccc(Cl)c(Cl)c1)C(=O)CN(c1ccccc1OC)S(C)(=O)=O. The molecular weight excluding hydrogens is 525 g/mol. The molecule has 0 aromatic heterocycles. The van der Waals surface area contributed by atoms with Gasteiger partial charge in [0.15, 0.2) is 0 Å². The number of nitrogens with one attached hydrogen (secondary N) is 1. The molecule has 0 fully saturated rings. The lowest BCUT2D eigenvalue weighted by molar-refractivity contribution is -0.140. The molecule has 2 rings (SSSR count). The van der Waals surface area contributed by atoms with E-state index in [1.165, 1.54) is 12.0 Å². The number of hydrogen-bond donors (Lipinski definition) is 1. The van der Waals surface area contributed by atoms with E-state index >= 15 is 0 Å². The quantitative estimate of drug-likeness (QED) is 0.414. The third kappa shape index (κ3) is 7.75. The van der Waals surface area contributed by atoms with Gasteiger partial charge in [-0.2, -0.15) is 0 Å². The van der Waals surface area contributed by atoms with Gasteiger partial charge in [-0.1, -0.05) is 55.2 Å². The van der Waals surface area contributed by atoms with Gasteiger partial charge in [-0.15, -0.1) is 0 Å². The minimum Gasteiger partial charge on any atom is -0.495 e. The molecule has 0 radical (unpaired) electrons. The first-order valence-corrected chi connectivity index (χ1v) is 14.2. The van der Waals surface area contributed by atoms with Crippen molar-refractivity contribution in [2.24, 2.45) is 0 Å². The zero-order valence-electron chi connectivity index (χ0n) is 21.1. The van der Waals surface area contributed by atoms with Crippen molar-refractivity contribution >= 4 is 50.7 Å². The van der Waals surface area contributed by atoms with Crippen LogP contribution < -0.4 is 14.4 Å². The summed E-state index contributed by atoms with van der Waals surface area (Å²) in [4.78, 5) is 28.3. The fourth-order valence-corrected chi connectivity index (χ4v) is 4.80. The van der Waals surface area contributed by atoms with Gasteiger partial charge in [0.05, 0.1) is 29.1 Å². The summed E-state index contributed by atoms with van der Waals surface area (Å²) in [6, 6.07) is 10.5. The molecule has 0 aliphatic carbocycles. The van der Waals surface area contributed by atoms with E-state index in [0.29, 0.717) is 27.8 Å². The van der Waals surface area contributed by atoms with Crippen molar-refractivity contribution in [2.75, 3.05) is 24.2 Å². The maximum absolute atomic E-state index is 13.7. The number of para-hydroxylation sites is 2. The zero-order chi connectivity index (χ0) is 27.0. The van der Waals surface area contributed by atoms with Crippen LogP contribution in [0.1, 0.15) is 39.2 Å². The lowest BCUT2D eigenvalue weighted by Crippen LogP contribution is -2.53. The summed E-state index contributed by atoms with van der Waals surface area (Å²) in [7, 11) is -2.45. The summed E-state index contributed by atoms with van der Waals surface area (Å²) in [5.74, 6) is -0.569. The molecule has 0 saturated carbocycles. The molecule has 0 spiro atoms. The van der Waals surface area contributed by atoms with Gasteiger partial charge in [-0.05, 0) is 49.6 Å². The fraction of sp³-hybridized carbons (Fsp3) is 0.440. The Morgan fingerprint density at radius 2 is 1.72 bits per heavy atom. The second kappa shape index (κ2) is 13.2. The second-order valence-corrected chi connectivity index (χ2v) is 11.2. The molecule has 0 saturated heterocycles. The molecule has 2 aromatic carbocycles. The number of amides is 2. The lowest BCUT2D eigenvalue weighted by atomic mass is 10.1. The number of rotatable bonds is 12. The van der Waals surface area contributed by atoms with Crippen molar-refractivity contribution in [3.8, 4) is 5.75 Å². The largest absolute Gasteiger partial charge is 0.495 e. The Morgan fingerprint density at radius 1 is 1.06 bits per heavy atom. The van der Waals surface area contributed by atoms with Gasteiger partial charge in [-0.25, -0.2) is 8.42 Å². The van der Waals surface area contributed by atoms with Crippen molar-refractivity contribution in [3.05, 3.63) is 58.1 Å². The first-order chi connectivity index (χ1) is 16.9. The highest BCUT2D eigenvalue weighted by atomic mass is 35.5. The molecule has 0 aliphatic heterocycles. The van der Waals surface area contributed by atoms with Crippen LogP contribution in [0.25, 0.3) is 0 Å². The van der Waals surface area contributed by atoms with Crippen LogP contribution in [0.2, 0.25) is 10.0 Å². The number of anilines is 1.